The number of benzene rings is 1. The van der Waals surface area contributed by atoms with Crippen molar-refractivity contribution in [3.05, 3.63) is 28.8 Å². The van der Waals surface area contributed by atoms with Crippen LogP contribution < -0.4 is 9.62 Å². The molecule has 7 nitrogen and oxygen atoms in total. The van der Waals surface area contributed by atoms with E-state index in [1.807, 2.05) is 6.92 Å². The third kappa shape index (κ3) is 5.81. The van der Waals surface area contributed by atoms with Gasteiger partial charge in [-0.15, -0.1) is 10.2 Å². The van der Waals surface area contributed by atoms with Gasteiger partial charge in [-0.05, 0) is 38.0 Å². The molecule has 27 heavy (non-hydrogen) atoms. The molecule has 1 aromatic carbocycles. The molecule has 1 N–H and O–H groups in total. The Labute approximate surface area is 172 Å². The lowest BCUT2D eigenvalue weighted by Gasteiger charge is -2.28. The van der Waals surface area contributed by atoms with Gasteiger partial charge in [0, 0.05) is 10.8 Å². The van der Waals surface area contributed by atoms with E-state index in [0.29, 0.717) is 15.8 Å². The largest absolute Gasteiger partial charge is 0.299 e. The molecule has 0 aliphatic carbocycles. The van der Waals surface area contributed by atoms with Crippen molar-refractivity contribution in [1.29, 1.82) is 0 Å². The lowest BCUT2D eigenvalue weighted by molar-refractivity contribution is -0.116. The Hall–Kier alpha value is -1.36. The number of nitrogens with zero attached hydrogens (tertiary/aromatic N) is 3. The molecule has 0 bridgehead atoms. The predicted molar refractivity (Wildman–Crippen MR) is 113 cm³/mol. The van der Waals surface area contributed by atoms with E-state index in [1.54, 1.807) is 23.9 Å². The van der Waals surface area contributed by atoms with Crippen LogP contribution in [0.5, 0.6) is 0 Å². The van der Waals surface area contributed by atoms with Gasteiger partial charge in [-0.2, -0.15) is 0 Å². The van der Waals surface area contributed by atoms with Crippen molar-refractivity contribution in [2.45, 2.75) is 37.6 Å². The molecule has 2 aromatic rings. The molecule has 148 valence electrons. The van der Waals surface area contributed by atoms with Gasteiger partial charge in [0.1, 0.15) is 6.04 Å². The lowest BCUT2D eigenvalue weighted by atomic mass is 10.2. The van der Waals surface area contributed by atoms with Gasteiger partial charge in [0.15, 0.2) is 4.34 Å². The first-order chi connectivity index (χ1) is 12.6. The molecular weight excluding hydrogens is 428 g/mol. The number of aryl methyl sites for hydroxylation is 1. The van der Waals surface area contributed by atoms with Crippen LogP contribution in [0.25, 0.3) is 0 Å². The molecule has 0 aliphatic rings. The molecule has 1 heterocycles. The molecule has 0 radical (unpaired) electrons. The Bertz CT molecular complexity index is 917. The second-order valence-corrected chi connectivity index (χ2v) is 10.5. The Kier molecular flexibility index (Phi) is 7.49. The molecule has 1 aromatic heterocycles. The van der Waals surface area contributed by atoms with Crippen LogP contribution in [0.2, 0.25) is 5.02 Å². The molecule has 0 saturated heterocycles. The quantitative estimate of drug-likeness (QED) is 0.487. The summed E-state index contributed by atoms with van der Waals surface area (Å²) in [7, 11) is -3.71. The maximum atomic E-state index is 12.6. The lowest BCUT2D eigenvalue weighted by Crippen LogP contribution is -2.45. The molecule has 1 amide bonds. The van der Waals surface area contributed by atoms with Crippen LogP contribution >= 0.6 is 34.7 Å². The third-order valence-electron chi connectivity index (χ3n) is 3.56. The summed E-state index contributed by atoms with van der Waals surface area (Å²) in [6.45, 7) is 5.39. The molecule has 0 fully saturated rings. The second kappa shape index (κ2) is 9.22. The smallest absolute Gasteiger partial charge is 0.249 e. The Morgan fingerprint density at radius 1 is 1.41 bits per heavy atom. The number of nitrogens with one attached hydrogen (secondary N) is 1. The molecule has 0 saturated carbocycles. The fourth-order valence-corrected chi connectivity index (χ4v) is 5.27. The molecule has 11 heteroatoms. The summed E-state index contributed by atoms with van der Waals surface area (Å²) >= 11 is 8.94. The van der Waals surface area contributed by atoms with E-state index in [1.165, 1.54) is 24.3 Å². The normalized spacial score (nSPS) is 12.6. The van der Waals surface area contributed by atoms with Crippen molar-refractivity contribution in [2.75, 3.05) is 21.6 Å². The zero-order chi connectivity index (χ0) is 20.2. The highest BCUT2D eigenvalue weighted by atomic mass is 35.5. The Morgan fingerprint density at radius 2 is 2.11 bits per heavy atom. The van der Waals surface area contributed by atoms with Crippen molar-refractivity contribution in [1.82, 2.24) is 10.2 Å². The standard InChI is InChI=1S/C16H21ClN4O3S3/c1-5-8-25-16-20-19-15(26-16)18-14(22)11(3)21(27(4,23)24)12-7-6-10(2)13(17)9-12/h6-7,9,11H,5,8H2,1-4H3,(H,18,19,22)/t11-/m0/s1. The highest BCUT2D eigenvalue weighted by Gasteiger charge is 2.30. The van der Waals surface area contributed by atoms with Crippen molar-refractivity contribution in [3.8, 4) is 0 Å². The SMILES string of the molecule is CCCSc1nnc(NC(=O)[C@H](C)N(c2ccc(C)c(Cl)c2)S(C)(=O)=O)s1. The zero-order valence-electron chi connectivity index (χ0n) is 15.4. The number of anilines is 2. The molecule has 0 spiro atoms. The number of hydrogen-bond acceptors (Lipinski definition) is 7. The van der Waals surface area contributed by atoms with Gasteiger partial charge < -0.3 is 0 Å². The molecular formula is C16H21ClN4O3S3. The topological polar surface area (TPSA) is 92.3 Å². The van der Waals surface area contributed by atoms with E-state index in [2.05, 4.69) is 22.4 Å². The van der Waals surface area contributed by atoms with Crippen molar-refractivity contribution < 1.29 is 13.2 Å². The van der Waals surface area contributed by atoms with E-state index < -0.39 is 22.0 Å². The number of sulfonamides is 1. The number of thioether (sulfide) groups is 1. The highest BCUT2D eigenvalue weighted by molar-refractivity contribution is 8.01. The van der Waals surface area contributed by atoms with Gasteiger partial charge >= 0.3 is 0 Å². The fraction of sp³-hybridized carbons (Fsp3) is 0.438. The summed E-state index contributed by atoms with van der Waals surface area (Å²) in [5.74, 6) is 0.412. The van der Waals surface area contributed by atoms with Crippen molar-refractivity contribution in [3.63, 3.8) is 0 Å². The van der Waals surface area contributed by atoms with E-state index in [4.69, 9.17) is 11.6 Å². The molecule has 1 atom stereocenters. The summed E-state index contributed by atoms with van der Waals surface area (Å²) in [6.07, 6.45) is 2.06. The van der Waals surface area contributed by atoms with E-state index in [-0.39, 0.29) is 0 Å². The second-order valence-electron chi connectivity index (χ2n) is 5.88. The summed E-state index contributed by atoms with van der Waals surface area (Å²) in [5, 5.41) is 11.3. The third-order valence-corrected chi connectivity index (χ3v) is 7.39. The fourth-order valence-electron chi connectivity index (χ4n) is 2.25. The van der Waals surface area contributed by atoms with Gasteiger partial charge in [0.05, 0.1) is 11.9 Å². The van der Waals surface area contributed by atoms with Crippen molar-refractivity contribution in [2.24, 2.45) is 0 Å². The molecule has 0 aliphatic heterocycles. The number of aromatic nitrogens is 2. The van der Waals surface area contributed by atoms with Gasteiger partial charge in [0.25, 0.3) is 0 Å². The molecule has 0 unspecified atom stereocenters. The van der Waals surface area contributed by atoms with Crippen LogP contribution in [0.4, 0.5) is 10.8 Å². The number of hydrogen-bond donors (Lipinski definition) is 1. The summed E-state index contributed by atoms with van der Waals surface area (Å²) in [6, 6.07) is 3.87. The minimum Gasteiger partial charge on any atom is -0.299 e. The molecule has 2 rings (SSSR count). The van der Waals surface area contributed by atoms with Gasteiger partial charge in [-0.1, -0.05) is 47.7 Å². The van der Waals surface area contributed by atoms with Crippen LogP contribution in [-0.2, 0) is 14.8 Å². The first kappa shape index (κ1) is 21.9. The van der Waals surface area contributed by atoms with Gasteiger partial charge in [-0.3, -0.25) is 14.4 Å². The van der Waals surface area contributed by atoms with Gasteiger partial charge in [-0.25, -0.2) is 8.42 Å². The van der Waals surface area contributed by atoms with Crippen LogP contribution in [0.3, 0.4) is 0 Å². The first-order valence-corrected chi connectivity index (χ1v) is 12.2. The zero-order valence-corrected chi connectivity index (χ0v) is 18.6. The average molecular weight is 449 g/mol. The number of carbonyl (C=O) groups is 1. The average Bonchev–Trinajstić information content (AvgIpc) is 3.02. The van der Waals surface area contributed by atoms with Crippen LogP contribution in [-0.4, -0.2) is 42.6 Å². The van der Waals surface area contributed by atoms with Crippen LogP contribution in [0.1, 0.15) is 25.8 Å². The van der Waals surface area contributed by atoms with E-state index in [9.17, 15) is 13.2 Å². The maximum Gasteiger partial charge on any atom is 0.249 e. The summed E-state index contributed by atoms with van der Waals surface area (Å²) in [5.41, 5.74) is 1.14. The number of halogens is 1. The van der Waals surface area contributed by atoms with E-state index >= 15 is 0 Å². The van der Waals surface area contributed by atoms with Crippen LogP contribution in [0.15, 0.2) is 22.5 Å². The Morgan fingerprint density at radius 3 is 2.70 bits per heavy atom. The summed E-state index contributed by atoms with van der Waals surface area (Å²) in [4.78, 5) is 12.6. The number of carbonyl (C=O) groups excluding carboxylic acids is 1. The monoisotopic (exact) mass is 448 g/mol. The minimum absolute atomic E-state index is 0.326. The van der Waals surface area contributed by atoms with Crippen LogP contribution in [0, 0.1) is 6.92 Å². The Balaban J connectivity index is 2.22. The van der Waals surface area contributed by atoms with Crippen molar-refractivity contribution >= 4 is 61.4 Å². The highest BCUT2D eigenvalue weighted by Crippen LogP contribution is 2.28. The van der Waals surface area contributed by atoms with E-state index in [0.717, 1.165) is 32.6 Å². The maximum absolute atomic E-state index is 12.6. The summed E-state index contributed by atoms with van der Waals surface area (Å²) < 4.78 is 26.4. The minimum atomic E-state index is -3.71. The first-order valence-electron chi connectivity index (χ1n) is 8.16. The van der Waals surface area contributed by atoms with Gasteiger partial charge in [0.2, 0.25) is 21.1 Å². The number of rotatable bonds is 8. The number of amides is 1. The predicted octanol–water partition coefficient (Wildman–Crippen LogP) is 3.80.